The van der Waals surface area contributed by atoms with Crippen LogP contribution in [-0.2, 0) is 57.0 Å². The number of hydrogen-bond acceptors (Lipinski definition) is 17. The Morgan fingerprint density at radius 1 is 1.09 bits per heavy atom. The first kappa shape index (κ1) is 51.6. The van der Waals surface area contributed by atoms with Crippen LogP contribution in [0.3, 0.4) is 0 Å². The topological polar surface area (TPSA) is 250 Å². The lowest BCUT2D eigenvalue weighted by Crippen LogP contribution is -2.65. The summed E-state index contributed by atoms with van der Waals surface area (Å²) >= 11 is 6.22. The van der Waals surface area contributed by atoms with Crippen LogP contribution >= 0.6 is 15.0 Å². The number of ether oxygens (including phenoxy) is 2. The highest BCUT2D eigenvalue weighted by molar-refractivity contribution is 8.07. The van der Waals surface area contributed by atoms with Crippen LogP contribution in [0.2, 0.25) is 22.2 Å². The Kier molecular flexibility index (Phi) is 17.2. The first-order valence-corrected chi connectivity index (χ1v) is 29.8. The summed E-state index contributed by atoms with van der Waals surface area (Å²) in [6.07, 6.45) is 0.0117. The molecule has 6 rings (SSSR count). The van der Waals surface area contributed by atoms with Crippen molar-refractivity contribution >= 4 is 66.8 Å². The Bertz CT molecular complexity index is 2270. The zero-order valence-electron chi connectivity index (χ0n) is 38.5. The predicted octanol–water partition coefficient (Wildman–Crippen LogP) is 7.14. The van der Waals surface area contributed by atoms with E-state index in [1.807, 2.05) is 0 Å². The van der Waals surface area contributed by atoms with E-state index in [1.165, 1.54) is 6.33 Å². The van der Waals surface area contributed by atoms with Crippen LogP contribution in [0.4, 0.5) is 5.95 Å². The average molecular weight is 1000 g/mol. The molecule has 65 heavy (non-hydrogen) atoms. The summed E-state index contributed by atoms with van der Waals surface area (Å²) in [5.41, 5.74) is -0.362. The van der Waals surface area contributed by atoms with Gasteiger partial charge in [-0.15, -0.1) is 0 Å². The summed E-state index contributed by atoms with van der Waals surface area (Å²) in [5, 5.41) is 12.5. The minimum Gasteiger partial charge on any atom is -0.474 e. The van der Waals surface area contributed by atoms with Crippen LogP contribution in [0.5, 0.6) is 5.88 Å². The maximum atomic E-state index is 13.5. The molecule has 2 aliphatic heterocycles. The fraction of sp³-hybridized carbons (Fsp3) is 0.700. The third-order valence-electron chi connectivity index (χ3n) is 12.1. The van der Waals surface area contributed by atoms with Crippen molar-refractivity contribution in [3.05, 3.63) is 41.2 Å². The van der Waals surface area contributed by atoms with Gasteiger partial charge in [-0.2, -0.15) is 10.2 Å². The molecule has 3 aromatic heterocycles. The second kappa shape index (κ2) is 21.7. The molecule has 1 saturated carbocycles. The number of amides is 1. The number of nitrogens with one attached hydrogen (secondary N) is 2. The maximum absolute atomic E-state index is 13.5. The van der Waals surface area contributed by atoms with Crippen LogP contribution in [0, 0.1) is 23.2 Å². The van der Waals surface area contributed by atoms with E-state index in [2.05, 4.69) is 86.7 Å². The Balaban J connectivity index is 1.44. The van der Waals surface area contributed by atoms with E-state index in [0.29, 0.717) is 12.3 Å². The second-order valence-electron chi connectivity index (χ2n) is 18.1. The van der Waals surface area contributed by atoms with Gasteiger partial charge in [0, 0.05) is 36.7 Å². The van der Waals surface area contributed by atoms with Gasteiger partial charge in [0.25, 0.3) is 5.56 Å². The molecule has 2 saturated heterocycles. The van der Waals surface area contributed by atoms with Crippen molar-refractivity contribution in [3.8, 4) is 11.9 Å². The number of fused-ring (bicyclic) bond motifs is 2. The number of H-pyrrole nitrogens is 1. The minimum absolute atomic E-state index is 0.0376. The normalized spacial score (nSPS) is 26.8. The monoisotopic (exact) mass is 999 g/mol. The number of aromatic nitrogens is 5. The molecule has 9 atom stereocenters. The SMILES string of the molecule is CC(C)C(=O)Nc1nc2c(ccn2[C@@H]2O[C@@H]3CO[Si](C(C)C)(C(C)C)O[Si](C(C)C)(C(C)C)O[C@H]3[C@@H]2OP(=S)(OCCC#N)OC[C@H]2C[C@@H](Oc3ccncn3)C[C@@H]2O[PH](=O)O)c(=O)[nH]1. The molecule has 3 aromatic rings. The molecule has 3 fully saturated rings. The summed E-state index contributed by atoms with van der Waals surface area (Å²) in [5.74, 6) is -0.975. The zero-order valence-corrected chi connectivity index (χ0v) is 43.2. The number of carbonyl (C=O) groups excluding carboxylic acids is 1. The Hall–Kier alpha value is -2.79. The summed E-state index contributed by atoms with van der Waals surface area (Å²) < 4.78 is 74.1. The van der Waals surface area contributed by atoms with Crippen molar-refractivity contribution in [2.75, 3.05) is 25.1 Å². The van der Waals surface area contributed by atoms with Crippen molar-refractivity contribution in [2.45, 2.75) is 147 Å². The predicted molar refractivity (Wildman–Crippen MR) is 248 cm³/mol. The molecule has 20 nitrogen and oxygen atoms in total. The summed E-state index contributed by atoms with van der Waals surface area (Å²) in [7, 11) is -9.72. The summed E-state index contributed by atoms with van der Waals surface area (Å²) in [4.78, 5) is 51.6. The molecule has 0 aromatic carbocycles. The van der Waals surface area contributed by atoms with Crippen LogP contribution in [0.1, 0.15) is 94.7 Å². The van der Waals surface area contributed by atoms with Gasteiger partial charge in [-0.25, -0.2) is 9.97 Å². The minimum atomic E-state index is -3.92. The van der Waals surface area contributed by atoms with Gasteiger partial charge in [-0.1, -0.05) is 69.2 Å². The lowest BCUT2D eigenvalue weighted by atomic mass is 10.1. The Labute approximate surface area is 387 Å². The standard InChI is InChI=1S/C40H63N7O13P2SSi2/c1-23(2)37(48)45-40-44-36-30(38(49)46-40)13-16-47(36)39-35(34-32(56-39)21-54-64(24(3)4,25(5)6)60-65(59-34,26(7)8)27(9)10)58-62(63,52-17-11-14-41)53-20-28-18-29(19-31(28)57-61(50)51)55-33-12-15-42-22-43-33/h12-13,15-16,22-29,31-32,34-35,39,61H,11,17-21H2,1-10H3,(H,50,51)(H2,44,45,46,48,49)/t28-,29-,31+,32-,34-,35+,39-,62?/m1/s1. The zero-order chi connectivity index (χ0) is 47.4. The van der Waals surface area contributed by atoms with Gasteiger partial charge in [0.05, 0.1) is 43.8 Å². The highest BCUT2D eigenvalue weighted by Gasteiger charge is 2.63. The lowest BCUT2D eigenvalue weighted by Gasteiger charge is -2.51. The Morgan fingerprint density at radius 2 is 1.80 bits per heavy atom. The second-order valence-corrected chi connectivity index (χ2v) is 30.7. The first-order chi connectivity index (χ1) is 30.7. The third-order valence-corrected chi connectivity index (χ3v) is 25.2. The van der Waals surface area contributed by atoms with Crippen molar-refractivity contribution in [3.63, 3.8) is 0 Å². The molecule has 3 N–H and O–H groups in total. The Morgan fingerprint density at radius 3 is 2.42 bits per heavy atom. The van der Waals surface area contributed by atoms with E-state index >= 15 is 0 Å². The number of hydrogen-bond donors (Lipinski definition) is 3. The summed E-state index contributed by atoms with van der Waals surface area (Å²) in [6, 6.07) is 5.28. The molecule has 5 heterocycles. The molecule has 360 valence electrons. The number of nitriles is 1. The fourth-order valence-corrected chi connectivity index (χ4v) is 22.6. The molecule has 2 unspecified atom stereocenters. The lowest BCUT2D eigenvalue weighted by molar-refractivity contribution is -0.118. The van der Waals surface area contributed by atoms with E-state index in [4.69, 9.17) is 52.3 Å². The molecule has 3 aliphatic rings. The van der Waals surface area contributed by atoms with E-state index in [1.54, 1.807) is 42.9 Å². The van der Waals surface area contributed by atoms with Gasteiger partial charge in [-0.3, -0.25) is 29.0 Å². The van der Waals surface area contributed by atoms with Gasteiger partial charge in [0.15, 0.2) is 11.9 Å². The van der Waals surface area contributed by atoms with E-state index in [-0.39, 0.29) is 77.7 Å². The van der Waals surface area contributed by atoms with Crippen LogP contribution in [0.25, 0.3) is 11.0 Å². The summed E-state index contributed by atoms with van der Waals surface area (Å²) in [6.45, 7) is 16.2. The third kappa shape index (κ3) is 11.6. The molecule has 25 heteroatoms. The van der Waals surface area contributed by atoms with Crippen molar-refractivity contribution in [1.29, 1.82) is 5.26 Å². The van der Waals surface area contributed by atoms with Gasteiger partial charge < -0.3 is 45.5 Å². The van der Waals surface area contributed by atoms with Crippen LogP contribution < -0.4 is 15.6 Å². The highest BCUT2D eigenvalue weighted by Crippen LogP contribution is 2.57. The number of aromatic amines is 1. The van der Waals surface area contributed by atoms with Gasteiger partial charge >= 0.3 is 32.1 Å². The van der Waals surface area contributed by atoms with E-state index in [0.717, 1.165) is 0 Å². The van der Waals surface area contributed by atoms with Gasteiger partial charge in [-0.05, 0) is 46.5 Å². The molecule has 1 aliphatic carbocycles. The van der Waals surface area contributed by atoms with Crippen molar-refractivity contribution in [2.24, 2.45) is 11.8 Å². The van der Waals surface area contributed by atoms with E-state index in [9.17, 15) is 24.3 Å². The van der Waals surface area contributed by atoms with Gasteiger partial charge in [0.2, 0.25) is 17.7 Å². The van der Waals surface area contributed by atoms with Crippen molar-refractivity contribution < 1.29 is 54.8 Å². The average Bonchev–Trinajstić information content (AvgIpc) is 3.91. The molecule has 0 radical (unpaired) electrons. The molecular formula is C40H63N7O13P2SSi2. The fourth-order valence-electron chi connectivity index (χ4n) is 8.77. The quantitative estimate of drug-likeness (QED) is 0.0613. The van der Waals surface area contributed by atoms with Crippen LogP contribution in [0.15, 0.2) is 35.6 Å². The molecular weight excluding hydrogens is 937 g/mol. The van der Waals surface area contributed by atoms with Crippen LogP contribution in [-0.4, -0.2) is 103 Å². The molecule has 0 spiro atoms. The highest BCUT2D eigenvalue weighted by atomic mass is 32.5. The maximum Gasteiger partial charge on any atom is 0.335 e. The smallest absolute Gasteiger partial charge is 0.335 e. The number of nitrogens with zero attached hydrogens (tertiary/aromatic N) is 5. The number of carbonyl (C=O) groups is 1. The number of rotatable bonds is 19. The molecule has 1 amide bonds. The number of anilines is 1. The van der Waals surface area contributed by atoms with Crippen molar-refractivity contribution in [1.82, 2.24) is 24.5 Å². The molecule has 0 bridgehead atoms. The first-order valence-electron chi connectivity index (χ1n) is 22.1. The largest absolute Gasteiger partial charge is 0.474 e. The van der Waals surface area contributed by atoms with E-state index < -0.39 is 86.2 Å². The van der Waals surface area contributed by atoms with Gasteiger partial charge in [0.1, 0.15) is 30.7 Å².